The number of carbonyl (C=O) groups excluding carboxylic acids is 3. The molecular weight excluding hydrogens is 515 g/mol. The Morgan fingerprint density at radius 3 is 2.23 bits per heavy atom. The number of halogens is 1. The first kappa shape index (κ1) is 31.7. The molecule has 9 heteroatoms. The van der Waals surface area contributed by atoms with Crippen molar-refractivity contribution >= 4 is 17.8 Å². The lowest BCUT2D eigenvalue weighted by Gasteiger charge is -2.37. The summed E-state index contributed by atoms with van der Waals surface area (Å²) < 4.78 is 31.9. The van der Waals surface area contributed by atoms with Crippen LogP contribution in [0.5, 0.6) is 11.5 Å². The number of nitrogens with one attached hydrogen (secondary N) is 2. The van der Waals surface area contributed by atoms with E-state index in [9.17, 15) is 18.8 Å². The van der Waals surface area contributed by atoms with Gasteiger partial charge in [-0.2, -0.15) is 0 Å². The van der Waals surface area contributed by atoms with E-state index in [0.29, 0.717) is 45.1 Å². The topological polar surface area (TPSA) is 103 Å². The second-order valence-electron chi connectivity index (χ2n) is 13.8. The van der Waals surface area contributed by atoms with Crippen LogP contribution in [0.1, 0.15) is 104 Å². The molecule has 40 heavy (non-hydrogen) atoms. The van der Waals surface area contributed by atoms with Crippen molar-refractivity contribution in [1.29, 1.82) is 0 Å². The summed E-state index contributed by atoms with van der Waals surface area (Å²) in [5, 5.41) is 5.98. The first-order valence-electron chi connectivity index (χ1n) is 14.4. The highest BCUT2D eigenvalue weighted by atomic mass is 19.1. The maximum atomic E-state index is 15.0. The van der Waals surface area contributed by atoms with E-state index < -0.39 is 22.7 Å². The summed E-state index contributed by atoms with van der Waals surface area (Å²) in [5.41, 5.74) is -1.08. The summed E-state index contributed by atoms with van der Waals surface area (Å²) in [6.45, 7) is 14.1. The number of amides is 2. The molecule has 224 valence electrons. The third-order valence-electron chi connectivity index (χ3n) is 7.68. The zero-order valence-electron chi connectivity index (χ0n) is 25.4. The van der Waals surface area contributed by atoms with Crippen molar-refractivity contribution in [2.45, 2.75) is 111 Å². The zero-order valence-corrected chi connectivity index (χ0v) is 25.4. The molecule has 0 radical (unpaired) electrons. The molecule has 8 nitrogen and oxygen atoms in total. The van der Waals surface area contributed by atoms with Gasteiger partial charge >= 0.3 is 5.97 Å². The molecule has 3 rings (SSSR count). The number of esters is 1. The van der Waals surface area contributed by atoms with Gasteiger partial charge < -0.3 is 24.8 Å². The maximum Gasteiger partial charge on any atom is 0.312 e. The van der Waals surface area contributed by atoms with Gasteiger partial charge in [0.05, 0.1) is 30.1 Å². The van der Waals surface area contributed by atoms with Gasteiger partial charge in [-0.25, -0.2) is 4.39 Å². The third-order valence-corrected chi connectivity index (χ3v) is 7.68. The van der Waals surface area contributed by atoms with Gasteiger partial charge in [0, 0.05) is 18.7 Å². The Bertz CT molecular complexity index is 1080. The average Bonchev–Trinajstić information content (AvgIpc) is 3.31. The predicted molar refractivity (Wildman–Crippen MR) is 151 cm³/mol. The number of rotatable bonds is 8. The summed E-state index contributed by atoms with van der Waals surface area (Å²) in [6, 6.07) is 2.20. The average molecular weight is 563 g/mol. The molecule has 0 spiro atoms. The quantitative estimate of drug-likeness (QED) is 0.402. The highest BCUT2D eigenvalue weighted by Crippen LogP contribution is 2.40. The largest absolute Gasteiger partial charge is 0.496 e. The highest BCUT2D eigenvalue weighted by Gasteiger charge is 2.41. The number of carbonyl (C=O) groups is 3. The van der Waals surface area contributed by atoms with E-state index in [4.69, 9.17) is 14.2 Å². The molecule has 2 N–H and O–H groups in total. The van der Waals surface area contributed by atoms with Crippen molar-refractivity contribution < 1.29 is 33.0 Å². The fraction of sp³-hybridized carbons (Fsp3) is 0.710. The normalized spacial score (nSPS) is 25.2. The van der Waals surface area contributed by atoms with E-state index in [-0.39, 0.29) is 52.4 Å². The maximum absolute atomic E-state index is 15.0. The van der Waals surface area contributed by atoms with Gasteiger partial charge in [0.15, 0.2) is 11.6 Å². The molecule has 2 fully saturated rings. The molecule has 0 aliphatic heterocycles. The molecule has 2 saturated carbocycles. The van der Waals surface area contributed by atoms with Gasteiger partial charge in [-0.1, -0.05) is 27.2 Å². The fourth-order valence-corrected chi connectivity index (χ4v) is 5.28. The van der Waals surface area contributed by atoms with Gasteiger partial charge in [0.2, 0.25) is 5.91 Å². The predicted octanol–water partition coefficient (Wildman–Crippen LogP) is 5.56. The molecular formula is C31H47FN2O6. The Morgan fingerprint density at radius 2 is 1.65 bits per heavy atom. The summed E-state index contributed by atoms with van der Waals surface area (Å²) in [6.07, 6.45) is 4.12. The van der Waals surface area contributed by atoms with Crippen LogP contribution in [-0.2, 0) is 14.3 Å². The molecule has 0 heterocycles. The van der Waals surface area contributed by atoms with Crippen LogP contribution >= 0.6 is 0 Å². The van der Waals surface area contributed by atoms with Gasteiger partial charge in [-0.15, -0.1) is 0 Å². The van der Waals surface area contributed by atoms with Crippen LogP contribution < -0.4 is 20.1 Å². The smallest absolute Gasteiger partial charge is 0.312 e. The first-order valence-corrected chi connectivity index (χ1v) is 14.4. The molecule has 0 aromatic heterocycles. The molecule has 2 amide bonds. The van der Waals surface area contributed by atoms with E-state index in [2.05, 4.69) is 31.4 Å². The minimum atomic E-state index is -0.630. The summed E-state index contributed by atoms with van der Waals surface area (Å²) in [4.78, 5) is 38.9. The number of hydrogen-bond donors (Lipinski definition) is 2. The number of ether oxygens (including phenoxy) is 3. The summed E-state index contributed by atoms with van der Waals surface area (Å²) >= 11 is 0. The Morgan fingerprint density at radius 1 is 1.00 bits per heavy atom. The first-order chi connectivity index (χ1) is 18.5. The Hall–Kier alpha value is -2.84. The molecule has 2 aliphatic rings. The summed E-state index contributed by atoms with van der Waals surface area (Å²) in [7, 11) is 1.38. The van der Waals surface area contributed by atoms with Gasteiger partial charge in [-0.3, -0.25) is 14.4 Å². The lowest BCUT2D eigenvalue weighted by molar-refractivity contribution is -0.169. The second-order valence-corrected chi connectivity index (χ2v) is 13.8. The Balaban J connectivity index is 1.68. The Kier molecular flexibility index (Phi) is 9.78. The van der Waals surface area contributed by atoms with Crippen molar-refractivity contribution in [3.8, 4) is 11.5 Å². The van der Waals surface area contributed by atoms with Crippen molar-refractivity contribution in [2.24, 2.45) is 16.7 Å². The van der Waals surface area contributed by atoms with Crippen LogP contribution in [0.3, 0.4) is 0 Å². The molecule has 1 aromatic carbocycles. The van der Waals surface area contributed by atoms with Crippen LogP contribution in [0, 0.1) is 22.6 Å². The fourth-order valence-electron chi connectivity index (χ4n) is 5.28. The second kappa shape index (κ2) is 12.4. The lowest BCUT2D eigenvalue weighted by atomic mass is 9.74. The van der Waals surface area contributed by atoms with Crippen LogP contribution in [-0.4, -0.2) is 49.2 Å². The Labute approximate surface area is 238 Å². The minimum Gasteiger partial charge on any atom is -0.496 e. The van der Waals surface area contributed by atoms with Crippen LogP contribution in [0.2, 0.25) is 0 Å². The zero-order chi connectivity index (χ0) is 29.9. The van der Waals surface area contributed by atoms with E-state index in [0.717, 1.165) is 12.5 Å². The third kappa shape index (κ3) is 8.33. The van der Waals surface area contributed by atoms with Crippen LogP contribution in [0.25, 0.3) is 0 Å². The number of methoxy groups -OCH3 is 1. The van der Waals surface area contributed by atoms with Crippen LogP contribution in [0.15, 0.2) is 12.1 Å². The standard InChI is InChI=1S/C31H47FN2O6/c1-29(2,3)18-33-26(35)20-10-9-11-23(20)34-27(36)21-16-25(22(32)17-24(21)38-8)39-19-12-14-31(7,15-13-19)28(37)40-30(4,5)6/h16-17,19-20,23H,9-15,18H2,1-8H3,(H,33,35)(H,34,36)/t19?,20-,23+,31?/m0/s1. The van der Waals surface area contributed by atoms with E-state index in [1.807, 2.05) is 27.7 Å². The molecule has 1 aromatic rings. The molecule has 0 saturated heterocycles. The molecule has 2 atom stereocenters. The lowest BCUT2D eigenvalue weighted by Crippen LogP contribution is -2.45. The van der Waals surface area contributed by atoms with Crippen molar-refractivity contribution in [2.75, 3.05) is 13.7 Å². The van der Waals surface area contributed by atoms with Gasteiger partial charge in [0.1, 0.15) is 11.4 Å². The molecule has 0 bridgehead atoms. The van der Waals surface area contributed by atoms with E-state index >= 15 is 0 Å². The van der Waals surface area contributed by atoms with E-state index in [1.165, 1.54) is 13.2 Å². The number of benzene rings is 1. The monoisotopic (exact) mass is 562 g/mol. The SMILES string of the molecule is COc1cc(F)c(OC2CCC(C)(C(=O)OC(C)(C)C)CC2)cc1C(=O)N[C@@H]1CCC[C@@H]1C(=O)NCC(C)(C)C. The highest BCUT2D eigenvalue weighted by molar-refractivity contribution is 5.98. The van der Waals surface area contributed by atoms with E-state index in [1.54, 1.807) is 0 Å². The van der Waals surface area contributed by atoms with Gasteiger partial charge in [0.25, 0.3) is 5.91 Å². The van der Waals surface area contributed by atoms with Crippen molar-refractivity contribution in [3.05, 3.63) is 23.5 Å². The summed E-state index contributed by atoms with van der Waals surface area (Å²) in [5.74, 6) is -1.64. The van der Waals surface area contributed by atoms with Gasteiger partial charge in [-0.05, 0) is 77.7 Å². The minimum absolute atomic E-state index is 0.0392. The van der Waals surface area contributed by atoms with Crippen molar-refractivity contribution in [1.82, 2.24) is 10.6 Å². The molecule has 0 unspecified atom stereocenters. The van der Waals surface area contributed by atoms with Crippen molar-refractivity contribution in [3.63, 3.8) is 0 Å². The molecule has 2 aliphatic carbocycles. The number of hydrogen-bond acceptors (Lipinski definition) is 6. The van der Waals surface area contributed by atoms with Crippen LogP contribution in [0.4, 0.5) is 4.39 Å².